The molecule has 0 aromatic heterocycles. The molecule has 0 saturated heterocycles. The Labute approximate surface area is 174 Å². The third-order valence-corrected chi connectivity index (χ3v) is 5.18. The summed E-state index contributed by atoms with van der Waals surface area (Å²) in [7, 11) is 0. The van der Waals surface area contributed by atoms with Crippen LogP contribution in [0.2, 0.25) is 5.02 Å². The van der Waals surface area contributed by atoms with Crippen molar-refractivity contribution >= 4 is 51.0 Å². The summed E-state index contributed by atoms with van der Waals surface area (Å²) in [6.07, 6.45) is 1.65. The molecular weight excluding hydrogens is 443 g/mol. The quantitative estimate of drug-likeness (QED) is 0.441. The number of hydrogen-bond acceptors (Lipinski definition) is 2. The lowest BCUT2D eigenvalue weighted by Gasteiger charge is -2.19. The number of carbonyl (C=O) groups excluding carboxylic acids is 1. The first-order valence-electron chi connectivity index (χ1n) is 8.44. The van der Waals surface area contributed by atoms with Gasteiger partial charge in [0.1, 0.15) is 17.3 Å². The van der Waals surface area contributed by atoms with E-state index >= 15 is 0 Å². The summed E-state index contributed by atoms with van der Waals surface area (Å²) in [5.41, 5.74) is 2.41. The number of nitrogens with zero attached hydrogens (tertiary/aromatic N) is 2. The third kappa shape index (κ3) is 3.63. The molecule has 0 unspecified atom stereocenters. The minimum absolute atomic E-state index is 0.266. The largest absolute Gasteiger partial charge is 0.282 e. The van der Waals surface area contributed by atoms with Crippen molar-refractivity contribution in [2.75, 3.05) is 4.90 Å². The maximum atomic E-state index is 13.2. The normalized spacial score (nSPS) is 15.2. The number of anilines is 1. The van der Waals surface area contributed by atoms with Gasteiger partial charge in [0.2, 0.25) is 0 Å². The fourth-order valence-electron chi connectivity index (χ4n) is 2.89. The maximum absolute atomic E-state index is 13.2. The molecule has 0 N–H and O–H groups in total. The molecule has 138 valence electrons. The van der Waals surface area contributed by atoms with Gasteiger partial charge in [0, 0.05) is 15.1 Å². The van der Waals surface area contributed by atoms with Crippen LogP contribution < -0.4 is 4.90 Å². The van der Waals surface area contributed by atoms with Crippen molar-refractivity contribution in [2.45, 2.75) is 0 Å². The predicted octanol–water partition coefficient (Wildman–Crippen LogP) is 6.08. The minimum atomic E-state index is -0.333. The molecule has 3 aromatic rings. The SMILES string of the molecule is O=C1/C(=C\c2ccc(F)cc2)N=C(c2ccccc2Br)N1c1ccc(Cl)cc1. The lowest BCUT2D eigenvalue weighted by molar-refractivity contribution is -0.113. The van der Waals surface area contributed by atoms with Gasteiger partial charge >= 0.3 is 0 Å². The van der Waals surface area contributed by atoms with E-state index in [1.54, 1.807) is 47.4 Å². The van der Waals surface area contributed by atoms with Gasteiger partial charge < -0.3 is 0 Å². The highest BCUT2D eigenvalue weighted by Gasteiger charge is 2.33. The first-order chi connectivity index (χ1) is 13.5. The summed E-state index contributed by atoms with van der Waals surface area (Å²) in [5.74, 6) is -0.0920. The predicted molar refractivity (Wildman–Crippen MR) is 114 cm³/mol. The topological polar surface area (TPSA) is 32.7 Å². The van der Waals surface area contributed by atoms with Crippen LogP contribution in [0.3, 0.4) is 0 Å². The molecule has 1 aliphatic heterocycles. The van der Waals surface area contributed by atoms with Crippen LogP contribution >= 0.6 is 27.5 Å². The number of amides is 1. The number of amidine groups is 1. The summed E-state index contributed by atoms with van der Waals surface area (Å²) in [6, 6.07) is 20.5. The monoisotopic (exact) mass is 454 g/mol. The van der Waals surface area contributed by atoms with Crippen LogP contribution in [0, 0.1) is 5.82 Å². The molecule has 0 aliphatic carbocycles. The lowest BCUT2D eigenvalue weighted by atomic mass is 10.1. The van der Waals surface area contributed by atoms with Gasteiger partial charge in [-0.1, -0.05) is 57.9 Å². The van der Waals surface area contributed by atoms with E-state index in [0.29, 0.717) is 22.1 Å². The van der Waals surface area contributed by atoms with E-state index in [0.717, 1.165) is 10.0 Å². The Hall–Kier alpha value is -2.76. The van der Waals surface area contributed by atoms with E-state index in [1.807, 2.05) is 24.3 Å². The molecule has 0 radical (unpaired) electrons. The molecular formula is C22H13BrClFN2O. The maximum Gasteiger partial charge on any atom is 0.282 e. The number of aliphatic imine (C=N–C) groups is 1. The molecule has 3 nitrogen and oxygen atoms in total. The molecule has 0 atom stereocenters. The highest BCUT2D eigenvalue weighted by Crippen LogP contribution is 2.31. The number of carbonyl (C=O) groups is 1. The molecule has 4 rings (SSSR count). The van der Waals surface area contributed by atoms with Crippen molar-refractivity contribution in [3.63, 3.8) is 0 Å². The number of halogens is 3. The summed E-state index contributed by atoms with van der Waals surface area (Å²) < 4.78 is 14.0. The van der Waals surface area contributed by atoms with Gasteiger partial charge in [0.15, 0.2) is 0 Å². The highest BCUT2D eigenvalue weighted by atomic mass is 79.9. The van der Waals surface area contributed by atoms with Crippen molar-refractivity contribution in [2.24, 2.45) is 4.99 Å². The Balaban J connectivity index is 1.84. The van der Waals surface area contributed by atoms with Crippen molar-refractivity contribution in [3.8, 4) is 0 Å². The van der Waals surface area contributed by atoms with Crippen LogP contribution in [0.15, 0.2) is 88.0 Å². The summed E-state index contributed by atoms with van der Waals surface area (Å²) >= 11 is 9.53. The fraction of sp³-hybridized carbons (Fsp3) is 0. The molecule has 6 heteroatoms. The summed E-state index contributed by atoms with van der Waals surface area (Å²) in [6.45, 7) is 0. The first-order valence-corrected chi connectivity index (χ1v) is 9.61. The van der Waals surface area contributed by atoms with Crippen LogP contribution in [-0.4, -0.2) is 11.7 Å². The smallest absolute Gasteiger partial charge is 0.266 e. The average Bonchev–Trinajstić information content (AvgIpc) is 3.01. The third-order valence-electron chi connectivity index (χ3n) is 4.23. The van der Waals surface area contributed by atoms with Crippen LogP contribution in [-0.2, 0) is 4.79 Å². The zero-order chi connectivity index (χ0) is 19.7. The second kappa shape index (κ2) is 7.70. The first kappa shape index (κ1) is 18.6. The molecule has 0 saturated carbocycles. The van der Waals surface area contributed by atoms with E-state index in [4.69, 9.17) is 11.6 Å². The molecule has 1 heterocycles. The van der Waals surface area contributed by atoms with Crippen molar-refractivity contribution in [3.05, 3.63) is 105 Å². The fourth-order valence-corrected chi connectivity index (χ4v) is 3.47. The summed E-state index contributed by atoms with van der Waals surface area (Å²) in [5, 5.41) is 0.580. The van der Waals surface area contributed by atoms with Crippen molar-refractivity contribution in [1.82, 2.24) is 0 Å². The molecule has 3 aromatic carbocycles. The standard InChI is InChI=1S/C22H13BrClFN2O/c23-19-4-2-1-3-18(19)21-26-20(13-14-5-9-16(25)10-6-14)22(28)27(21)17-11-7-15(24)8-12-17/h1-13H/b20-13+. The number of rotatable bonds is 3. The second-order valence-electron chi connectivity index (χ2n) is 6.11. The molecule has 0 bridgehead atoms. The highest BCUT2D eigenvalue weighted by molar-refractivity contribution is 9.10. The van der Waals surface area contributed by atoms with Gasteiger partial charge in [0.25, 0.3) is 5.91 Å². The average molecular weight is 456 g/mol. The Morgan fingerprint density at radius 1 is 0.964 bits per heavy atom. The van der Waals surface area contributed by atoms with Crippen molar-refractivity contribution in [1.29, 1.82) is 0 Å². The lowest BCUT2D eigenvalue weighted by Crippen LogP contribution is -2.32. The second-order valence-corrected chi connectivity index (χ2v) is 7.40. The Morgan fingerprint density at radius 3 is 2.32 bits per heavy atom. The molecule has 0 spiro atoms. The van der Waals surface area contributed by atoms with Crippen LogP contribution in [0.5, 0.6) is 0 Å². The van der Waals surface area contributed by atoms with E-state index in [2.05, 4.69) is 20.9 Å². The van der Waals surface area contributed by atoms with E-state index in [1.165, 1.54) is 12.1 Å². The van der Waals surface area contributed by atoms with Gasteiger partial charge in [-0.05, 0) is 54.1 Å². The van der Waals surface area contributed by atoms with Crippen LogP contribution in [0.4, 0.5) is 10.1 Å². The molecule has 1 amide bonds. The van der Waals surface area contributed by atoms with E-state index in [-0.39, 0.29) is 17.4 Å². The minimum Gasteiger partial charge on any atom is -0.266 e. The van der Waals surface area contributed by atoms with Crippen LogP contribution in [0.1, 0.15) is 11.1 Å². The Bertz CT molecular complexity index is 1110. The molecule has 28 heavy (non-hydrogen) atoms. The molecule has 1 aliphatic rings. The van der Waals surface area contributed by atoms with E-state index in [9.17, 15) is 9.18 Å². The van der Waals surface area contributed by atoms with Gasteiger partial charge in [0.05, 0.1) is 5.69 Å². The van der Waals surface area contributed by atoms with Gasteiger partial charge in [-0.3, -0.25) is 9.69 Å². The number of hydrogen-bond donors (Lipinski definition) is 0. The number of benzene rings is 3. The molecule has 0 fully saturated rings. The van der Waals surface area contributed by atoms with Crippen LogP contribution in [0.25, 0.3) is 6.08 Å². The zero-order valence-electron chi connectivity index (χ0n) is 14.4. The Morgan fingerprint density at radius 2 is 1.64 bits per heavy atom. The Kier molecular flexibility index (Phi) is 5.11. The van der Waals surface area contributed by atoms with Gasteiger partial charge in [-0.15, -0.1) is 0 Å². The summed E-state index contributed by atoms with van der Waals surface area (Å²) in [4.78, 5) is 19.3. The van der Waals surface area contributed by atoms with E-state index < -0.39 is 0 Å². The zero-order valence-corrected chi connectivity index (χ0v) is 16.8. The van der Waals surface area contributed by atoms with Gasteiger partial charge in [-0.2, -0.15) is 0 Å². The van der Waals surface area contributed by atoms with Crippen molar-refractivity contribution < 1.29 is 9.18 Å². The van der Waals surface area contributed by atoms with Gasteiger partial charge in [-0.25, -0.2) is 9.38 Å².